The molecule has 0 spiro atoms. The molecule has 0 aromatic carbocycles. The zero-order valence-electron chi connectivity index (χ0n) is 11.8. The third-order valence-corrected chi connectivity index (χ3v) is 4.05. The minimum absolute atomic E-state index is 0.373. The number of hydrogen-bond acceptors (Lipinski definition) is 4. The summed E-state index contributed by atoms with van der Waals surface area (Å²) >= 11 is 0. The summed E-state index contributed by atoms with van der Waals surface area (Å²) in [5.74, 6) is 0.886. The van der Waals surface area contributed by atoms with E-state index < -0.39 is 0 Å². The fraction of sp³-hybridized carbons (Fsp3) is 0.857. The first kappa shape index (κ1) is 13.5. The van der Waals surface area contributed by atoms with E-state index >= 15 is 0 Å². The van der Waals surface area contributed by atoms with Crippen LogP contribution in [0.5, 0.6) is 0 Å². The normalized spacial score (nSPS) is 23.6. The van der Waals surface area contributed by atoms with Gasteiger partial charge >= 0.3 is 0 Å². The van der Waals surface area contributed by atoms with Crippen molar-refractivity contribution < 1.29 is 0 Å². The van der Waals surface area contributed by atoms with Crippen LogP contribution in [0, 0.1) is 5.92 Å². The fourth-order valence-electron chi connectivity index (χ4n) is 3.12. The predicted molar refractivity (Wildman–Crippen MR) is 73.7 cm³/mol. The lowest BCUT2D eigenvalue weighted by Gasteiger charge is -2.29. The topological polar surface area (TPSA) is 31.2 Å². The van der Waals surface area contributed by atoms with Crippen molar-refractivity contribution in [2.45, 2.75) is 57.9 Å². The minimum Gasteiger partial charge on any atom is -0.204 e. The first-order chi connectivity index (χ1) is 8.66. The molecule has 0 bridgehead atoms. The molecular formula is C14H26N4. The van der Waals surface area contributed by atoms with Crippen LogP contribution < -0.4 is 0 Å². The highest BCUT2D eigenvalue weighted by Crippen LogP contribution is 2.30. The van der Waals surface area contributed by atoms with Crippen LogP contribution in [0.25, 0.3) is 0 Å². The van der Waals surface area contributed by atoms with Crippen molar-refractivity contribution in [1.29, 1.82) is 0 Å². The molecule has 0 N–H and O–H groups in total. The molecule has 4 nitrogen and oxygen atoms in total. The Labute approximate surface area is 111 Å². The Kier molecular flexibility index (Phi) is 4.75. The molecule has 1 aliphatic heterocycles. The Morgan fingerprint density at radius 1 is 1.33 bits per heavy atom. The third kappa shape index (κ3) is 3.55. The highest BCUT2D eigenvalue weighted by molar-refractivity contribution is 4.99. The molecule has 1 atom stereocenters. The third-order valence-electron chi connectivity index (χ3n) is 4.05. The van der Waals surface area contributed by atoms with Crippen LogP contribution in [0.3, 0.4) is 0 Å². The van der Waals surface area contributed by atoms with E-state index in [0.29, 0.717) is 12.7 Å². The molecule has 0 radical (unpaired) electrons. The molecule has 2 aliphatic rings. The van der Waals surface area contributed by atoms with Gasteiger partial charge in [-0.15, -0.1) is 0 Å². The fourth-order valence-corrected chi connectivity index (χ4v) is 3.12. The summed E-state index contributed by atoms with van der Waals surface area (Å²) in [4.78, 5) is 0. The van der Waals surface area contributed by atoms with Crippen LogP contribution in [0.1, 0.15) is 51.9 Å². The van der Waals surface area contributed by atoms with Crippen molar-refractivity contribution in [2.75, 3.05) is 13.7 Å². The van der Waals surface area contributed by atoms with Crippen molar-refractivity contribution in [3.8, 4) is 0 Å². The van der Waals surface area contributed by atoms with Gasteiger partial charge in [-0.1, -0.05) is 49.5 Å². The number of nitrogens with zero attached hydrogens (tertiary/aromatic N) is 4. The summed E-state index contributed by atoms with van der Waals surface area (Å²) in [6, 6.07) is 0.373. The van der Waals surface area contributed by atoms with Gasteiger partial charge in [-0.3, -0.25) is 0 Å². The van der Waals surface area contributed by atoms with Crippen molar-refractivity contribution in [2.24, 2.45) is 16.3 Å². The summed E-state index contributed by atoms with van der Waals surface area (Å²) in [6.45, 7) is 7.15. The van der Waals surface area contributed by atoms with Gasteiger partial charge in [0.05, 0.1) is 6.04 Å². The molecule has 0 aromatic heterocycles. The maximum atomic E-state index is 4.27. The van der Waals surface area contributed by atoms with Gasteiger partial charge in [0.15, 0.2) is 0 Å². The maximum Gasteiger partial charge on any atom is 0.133 e. The standard InChI is InChI=1S/C14H26N4/c1-12(10-14-7-5-4-6-8-14)9-13(2)18-16-15-11-17(18)3/h13-14H,1,4-11H2,2-3H3. The van der Waals surface area contributed by atoms with E-state index in [1.54, 1.807) is 0 Å². The number of rotatable bonds is 5. The zero-order chi connectivity index (χ0) is 13.0. The molecule has 1 aliphatic carbocycles. The maximum absolute atomic E-state index is 4.27. The molecule has 18 heavy (non-hydrogen) atoms. The van der Waals surface area contributed by atoms with Crippen molar-refractivity contribution in [3.05, 3.63) is 12.2 Å². The van der Waals surface area contributed by atoms with Crippen molar-refractivity contribution >= 4 is 0 Å². The highest BCUT2D eigenvalue weighted by atomic mass is 15.9. The van der Waals surface area contributed by atoms with E-state index in [-0.39, 0.29) is 0 Å². The van der Waals surface area contributed by atoms with Gasteiger partial charge in [0.1, 0.15) is 6.67 Å². The van der Waals surface area contributed by atoms with Gasteiger partial charge in [0.25, 0.3) is 0 Å². The van der Waals surface area contributed by atoms with Gasteiger partial charge in [-0.2, -0.15) is 10.1 Å². The summed E-state index contributed by atoms with van der Waals surface area (Å²) in [5.41, 5.74) is 1.38. The molecule has 1 unspecified atom stereocenters. The minimum atomic E-state index is 0.373. The molecule has 1 fully saturated rings. The molecule has 2 rings (SSSR count). The highest BCUT2D eigenvalue weighted by Gasteiger charge is 2.22. The Bertz CT molecular complexity index is 307. The largest absolute Gasteiger partial charge is 0.204 e. The first-order valence-electron chi connectivity index (χ1n) is 7.21. The molecule has 0 saturated heterocycles. The van der Waals surface area contributed by atoms with Gasteiger partial charge in [0, 0.05) is 7.05 Å². The van der Waals surface area contributed by atoms with Gasteiger partial charge in [-0.25, -0.2) is 5.12 Å². The Balaban J connectivity index is 1.74. The van der Waals surface area contributed by atoms with Crippen molar-refractivity contribution in [1.82, 2.24) is 10.1 Å². The first-order valence-corrected chi connectivity index (χ1v) is 7.21. The summed E-state index contributed by atoms with van der Waals surface area (Å²) < 4.78 is 0. The van der Waals surface area contributed by atoms with Crippen LogP contribution >= 0.6 is 0 Å². The SMILES string of the molecule is C=C(CC1CCCCC1)CC(C)N1N=NCN1C. The average molecular weight is 250 g/mol. The van der Waals surface area contributed by atoms with E-state index in [4.69, 9.17) is 0 Å². The van der Waals surface area contributed by atoms with Gasteiger partial charge < -0.3 is 0 Å². The lowest BCUT2D eigenvalue weighted by molar-refractivity contribution is -0.00212. The van der Waals surface area contributed by atoms with Crippen LogP contribution in [0.2, 0.25) is 0 Å². The van der Waals surface area contributed by atoms with E-state index in [1.807, 2.05) is 12.2 Å². The van der Waals surface area contributed by atoms with E-state index in [9.17, 15) is 0 Å². The summed E-state index contributed by atoms with van der Waals surface area (Å²) in [7, 11) is 2.03. The molecule has 1 heterocycles. The monoisotopic (exact) mass is 250 g/mol. The molecule has 4 heteroatoms. The zero-order valence-corrected chi connectivity index (χ0v) is 11.8. The molecule has 1 saturated carbocycles. The van der Waals surface area contributed by atoms with Crippen LogP contribution in [-0.4, -0.2) is 29.9 Å². The van der Waals surface area contributed by atoms with Crippen molar-refractivity contribution in [3.63, 3.8) is 0 Å². The second-order valence-corrected chi connectivity index (χ2v) is 5.86. The quantitative estimate of drug-likeness (QED) is 0.695. The lowest BCUT2D eigenvalue weighted by Crippen LogP contribution is -2.38. The number of hydrogen-bond donors (Lipinski definition) is 0. The second kappa shape index (κ2) is 6.32. The lowest BCUT2D eigenvalue weighted by atomic mass is 9.84. The predicted octanol–water partition coefficient (Wildman–Crippen LogP) is 3.78. The van der Waals surface area contributed by atoms with Gasteiger partial charge in [0.2, 0.25) is 0 Å². The Hall–Kier alpha value is -0.900. The number of hydrazine groups is 1. The second-order valence-electron chi connectivity index (χ2n) is 5.86. The van der Waals surface area contributed by atoms with E-state index in [0.717, 1.165) is 12.3 Å². The molecular weight excluding hydrogens is 224 g/mol. The summed E-state index contributed by atoms with van der Waals surface area (Å²) in [5, 5.41) is 12.2. The Morgan fingerprint density at radius 2 is 2.06 bits per heavy atom. The van der Waals surface area contributed by atoms with Crippen LogP contribution in [0.15, 0.2) is 22.5 Å². The van der Waals surface area contributed by atoms with E-state index in [1.165, 1.54) is 44.1 Å². The van der Waals surface area contributed by atoms with Crippen LogP contribution in [-0.2, 0) is 0 Å². The van der Waals surface area contributed by atoms with E-state index in [2.05, 4.69) is 28.8 Å². The molecule has 0 aromatic rings. The smallest absolute Gasteiger partial charge is 0.133 e. The Morgan fingerprint density at radius 3 is 2.67 bits per heavy atom. The summed E-state index contributed by atoms with van der Waals surface area (Å²) in [6.07, 6.45) is 9.29. The molecule has 102 valence electrons. The molecule has 0 amide bonds. The van der Waals surface area contributed by atoms with Crippen LogP contribution in [0.4, 0.5) is 0 Å². The van der Waals surface area contributed by atoms with Gasteiger partial charge in [-0.05, 0) is 25.7 Å². The average Bonchev–Trinajstić information content (AvgIpc) is 2.76.